The monoisotopic (exact) mass is 489 g/mol. The van der Waals surface area contributed by atoms with E-state index in [9.17, 15) is 4.39 Å². The highest BCUT2D eigenvalue weighted by Crippen LogP contribution is 2.35. The van der Waals surface area contributed by atoms with Crippen molar-refractivity contribution < 1.29 is 13.9 Å². The standard InChI is InChI=1S/C26H28FN7O2/c1-33-11-10-23(31-22-5-3-4-21(24(22)35-2)25-28-16-18(27)17-29-25)32-26(33)30-19-6-8-20(9-7-19)34-12-14-36-15-13-34/h3-11,16-17,26,30H,12-15H2,1-2H3,(H,31,32). The second kappa shape index (κ2) is 10.6. The van der Waals surface area contributed by atoms with E-state index in [1.165, 1.54) is 5.69 Å². The van der Waals surface area contributed by atoms with Crippen molar-refractivity contribution in [1.29, 1.82) is 0 Å². The first-order valence-corrected chi connectivity index (χ1v) is 11.7. The fourth-order valence-electron chi connectivity index (χ4n) is 4.10. The van der Waals surface area contributed by atoms with Crippen molar-refractivity contribution in [2.45, 2.75) is 6.29 Å². The Bertz CT molecular complexity index is 1240. The van der Waals surface area contributed by atoms with E-state index in [2.05, 4.69) is 49.8 Å². The molecule has 2 aliphatic heterocycles. The molecule has 2 N–H and O–H groups in total. The topological polar surface area (TPSA) is 87.1 Å². The van der Waals surface area contributed by atoms with Crippen molar-refractivity contribution in [3.8, 4) is 17.1 Å². The Kier molecular flexibility index (Phi) is 6.94. The fourth-order valence-corrected chi connectivity index (χ4v) is 4.10. The summed E-state index contributed by atoms with van der Waals surface area (Å²) < 4.78 is 24.4. The quantitative estimate of drug-likeness (QED) is 0.541. The molecule has 3 heterocycles. The van der Waals surface area contributed by atoms with Gasteiger partial charge in [-0.25, -0.2) is 19.4 Å². The zero-order chi connectivity index (χ0) is 24.9. The number of aromatic nitrogens is 2. The van der Waals surface area contributed by atoms with Crippen LogP contribution in [-0.4, -0.2) is 67.5 Å². The molecule has 0 radical (unpaired) electrons. The second-order valence-corrected chi connectivity index (χ2v) is 8.40. The van der Waals surface area contributed by atoms with Gasteiger partial charge >= 0.3 is 0 Å². The highest BCUT2D eigenvalue weighted by Gasteiger charge is 2.19. The van der Waals surface area contributed by atoms with Gasteiger partial charge in [-0.05, 0) is 42.5 Å². The number of aliphatic imine (C=N–C) groups is 1. The summed E-state index contributed by atoms with van der Waals surface area (Å²) in [4.78, 5) is 17.3. The number of rotatable bonds is 6. The Hall–Kier alpha value is -4.18. The lowest BCUT2D eigenvalue weighted by molar-refractivity contribution is 0.122. The summed E-state index contributed by atoms with van der Waals surface area (Å²) in [6.45, 7) is 3.32. The number of halogens is 1. The van der Waals surface area contributed by atoms with E-state index in [4.69, 9.17) is 14.5 Å². The van der Waals surface area contributed by atoms with Crippen LogP contribution >= 0.6 is 0 Å². The molecule has 2 aliphatic rings. The minimum Gasteiger partial charge on any atom is -0.494 e. The van der Waals surface area contributed by atoms with Gasteiger partial charge in [-0.1, -0.05) is 6.07 Å². The molecule has 10 heteroatoms. The molecule has 1 unspecified atom stereocenters. The van der Waals surface area contributed by atoms with Crippen LogP contribution < -0.4 is 20.3 Å². The SMILES string of the molecule is COc1c(NC2=NC(Nc3ccc(N4CCOCC4)cc3)N(C)C=C2)cccc1-c1ncc(F)cn1. The molecule has 1 atom stereocenters. The number of benzene rings is 2. The maximum Gasteiger partial charge on any atom is 0.198 e. The first kappa shape index (κ1) is 23.6. The summed E-state index contributed by atoms with van der Waals surface area (Å²) in [6, 6.07) is 13.9. The summed E-state index contributed by atoms with van der Waals surface area (Å²) in [5.74, 6) is 1.08. The van der Waals surface area contributed by atoms with Crippen molar-refractivity contribution >= 4 is 22.9 Å². The van der Waals surface area contributed by atoms with Crippen molar-refractivity contribution in [2.75, 3.05) is 56.0 Å². The van der Waals surface area contributed by atoms with Crippen molar-refractivity contribution in [3.63, 3.8) is 0 Å². The number of methoxy groups -OCH3 is 1. The average molecular weight is 490 g/mol. The molecular formula is C26H28FN7O2. The van der Waals surface area contributed by atoms with Gasteiger partial charge in [-0.3, -0.25) is 0 Å². The van der Waals surface area contributed by atoms with Gasteiger partial charge in [0.25, 0.3) is 0 Å². The molecule has 0 bridgehead atoms. The minimum atomic E-state index is -0.493. The van der Waals surface area contributed by atoms with Crippen LogP contribution in [0, 0.1) is 5.82 Å². The average Bonchev–Trinajstić information content (AvgIpc) is 2.92. The Labute approximate surface area is 209 Å². The van der Waals surface area contributed by atoms with Crippen LogP contribution in [0.25, 0.3) is 11.4 Å². The number of nitrogens with one attached hydrogen (secondary N) is 2. The van der Waals surface area contributed by atoms with Gasteiger partial charge in [-0.2, -0.15) is 0 Å². The molecule has 2 aromatic carbocycles. The lowest BCUT2D eigenvalue weighted by Crippen LogP contribution is -2.37. The third-order valence-corrected chi connectivity index (χ3v) is 6.00. The fraction of sp³-hybridized carbons (Fsp3) is 0.269. The number of anilines is 3. The molecule has 1 fully saturated rings. The highest BCUT2D eigenvalue weighted by atomic mass is 19.1. The number of morpholine rings is 1. The first-order chi connectivity index (χ1) is 17.6. The highest BCUT2D eigenvalue weighted by molar-refractivity contribution is 6.05. The third-order valence-electron chi connectivity index (χ3n) is 6.00. The van der Waals surface area contributed by atoms with E-state index in [0.717, 1.165) is 44.4 Å². The van der Waals surface area contributed by atoms with Crippen LogP contribution in [0.15, 0.2) is 72.1 Å². The summed E-state index contributed by atoms with van der Waals surface area (Å²) in [5.41, 5.74) is 3.50. The van der Waals surface area contributed by atoms with Gasteiger partial charge in [0.15, 0.2) is 23.7 Å². The van der Waals surface area contributed by atoms with Gasteiger partial charge < -0.3 is 29.9 Å². The Morgan fingerprint density at radius 1 is 1.06 bits per heavy atom. The van der Waals surface area contributed by atoms with E-state index >= 15 is 0 Å². The van der Waals surface area contributed by atoms with Crippen LogP contribution in [-0.2, 0) is 4.74 Å². The van der Waals surface area contributed by atoms with Crippen molar-refractivity contribution in [2.24, 2.45) is 4.99 Å². The van der Waals surface area contributed by atoms with Gasteiger partial charge in [0.05, 0.1) is 44.0 Å². The molecule has 0 amide bonds. The summed E-state index contributed by atoms with van der Waals surface area (Å²) in [5, 5.41) is 6.80. The van der Waals surface area contributed by atoms with Gasteiger partial charge in [0, 0.05) is 37.7 Å². The maximum absolute atomic E-state index is 13.3. The van der Waals surface area contributed by atoms with E-state index in [1.54, 1.807) is 7.11 Å². The maximum atomic E-state index is 13.3. The van der Waals surface area contributed by atoms with Crippen molar-refractivity contribution in [1.82, 2.24) is 14.9 Å². The second-order valence-electron chi connectivity index (χ2n) is 8.40. The molecule has 1 aromatic heterocycles. The lowest BCUT2D eigenvalue weighted by Gasteiger charge is -2.30. The summed E-state index contributed by atoms with van der Waals surface area (Å²) >= 11 is 0. The van der Waals surface area contributed by atoms with E-state index in [1.807, 2.05) is 42.4 Å². The number of hydrogen-bond donors (Lipinski definition) is 2. The molecule has 186 valence electrons. The van der Waals surface area contributed by atoms with E-state index in [-0.39, 0.29) is 6.29 Å². The minimum absolute atomic E-state index is 0.304. The van der Waals surface area contributed by atoms with Gasteiger partial charge in [-0.15, -0.1) is 0 Å². The Morgan fingerprint density at radius 3 is 2.53 bits per heavy atom. The van der Waals surface area contributed by atoms with Crippen LogP contribution in [0.3, 0.4) is 0 Å². The molecule has 36 heavy (non-hydrogen) atoms. The molecule has 3 aromatic rings. The largest absolute Gasteiger partial charge is 0.494 e. The molecule has 9 nitrogen and oxygen atoms in total. The summed E-state index contributed by atoms with van der Waals surface area (Å²) in [7, 11) is 3.54. The lowest BCUT2D eigenvalue weighted by atomic mass is 10.1. The molecule has 1 saturated heterocycles. The van der Waals surface area contributed by atoms with Crippen LogP contribution in [0.4, 0.5) is 21.5 Å². The van der Waals surface area contributed by atoms with E-state index < -0.39 is 5.82 Å². The van der Waals surface area contributed by atoms with Gasteiger partial charge in [0.1, 0.15) is 5.84 Å². The number of hydrogen-bond acceptors (Lipinski definition) is 9. The first-order valence-electron chi connectivity index (χ1n) is 11.7. The number of amidine groups is 1. The molecule has 0 spiro atoms. The smallest absolute Gasteiger partial charge is 0.198 e. The zero-order valence-electron chi connectivity index (χ0n) is 20.2. The predicted molar refractivity (Wildman–Crippen MR) is 139 cm³/mol. The number of para-hydroxylation sites is 1. The Morgan fingerprint density at radius 2 is 1.81 bits per heavy atom. The zero-order valence-corrected chi connectivity index (χ0v) is 20.2. The van der Waals surface area contributed by atoms with Crippen LogP contribution in [0.2, 0.25) is 0 Å². The molecule has 0 saturated carbocycles. The van der Waals surface area contributed by atoms with Crippen LogP contribution in [0.5, 0.6) is 5.75 Å². The predicted octanol–water partition coefficient (Wildman–Crippen LogP) is 3.79. The molecule has 0 aliphatic carbocycles. The number of ether oxygens (including phenoxy) is 2. The summed E-state index contributed by atoms with van der Waals surface area (Å²) in [6.07, 6.45) is 5.81. The van der Waals surface area contributed by atoms with Crippen molar-refractivity contribution in [3.05, 3.63) is 73.0 Å². The normalized spacial score (nSPS) is 17.5. The van der Waals surface area contributed by atoms with Crippen LogP contribution in [0.1, 0.15) is 0 Å². The van der Waals surface area contributed by atoms with E-state index in [0.29, 0.717) is 28.7 Å². The molecule has 5 rings (SSSR count). The number of nitrogens with zero attached hydrogens (tertiary/aromatic N) is 5. The molecular weight excluding hydrogens is 461 g/mol. The Balaban J connectivity index is 1.32. The third kappa shape index (κ3) is 5.23. The van der Waals surface area contributed by atoms with Gasteiger partial charge in [0.2, 0.25) is 0 Å².